The van der Waals surface area contributed by atoms with Crippen molar-refractivity contribution in [3.8, 4) is 22.5 Å². The van der Waals surface area contributed by atoms with Crippen molar-refractivity contribution in [2.75, 3.05) is 0 Å². The first-order valence-corrected chi connectivity index (χ1v) is 15.1. The molecular weight excluding hydrogens is 552 g/mol. The van der Waals surface area contributed by atoms with Gasteiger partial charge in [-0.15, -0.1) is 0 Å². The van der Waals surface area contributed by atoms with Gasteiger partial charge in [0.1, 0.15) is 11.2 Å². The summed E-state index contributed by atoms with van der Waals surface area (Å²) >= 11 is 0. The van der Waals surface area contributed by atoms with Gasteiger partial charge in [0.05, 0.1) is 22.1 Å². The van der Waals surface area contributed by atoms with Crippen LogP contribution in [0.15, 0.2) is 151 Å². The van der Waals surface area contributed by atoms with Gasteiger partial charge in [0, 0.05) is 68.5 Å². The van der Waals surface area contributed by atoms with Crippen LogP contribution in [0.2, 0.25) is 0 Å². The van der Waals surface area contributed by atoms with E-state index in [9.17, 15) is 0 Å². The maximum Gasteiger partial charge on any atom is 0.136 e. The molecule has 0 aliphatic carbocycles. The Balaban J connectivity index is 1.36. The van der Waals surface area contributed by atoms with Crippen molar-refractivity contribution in [1.29, 1.82) is 0 Å². The van der Waals surface area contributed by atoms with Crippen LogP contribution < -0.4 is 0 Å². The lowest BCUT2D eigenvalue weighted by Crippen LogP contribution is -2.00. The van der Waals surface area contributed by atoms with Gasteiger partial charge in [-0.2, -0.15) is 0 Å². The molecule has 210 valence electrons. The number of hydrogen-bond donors (Lipinski definition) is 0. The van der Waals surface area contributed by atoms with Crippen LogP contribution >= 0.6 is 0 Å². The second-order valence-corrected chi connectivity index (χ2v) is 11.5. The Kier molecular flexibility index (Phi) is 4.93. The summed E-state index contributed by atoms with van der Waals surface area (Å²) in [5.74, 6) is 0. The third-order valence-corrected chi connectivity index (χ3v) is 9.08. The quantitative estimate of drug-likeness (QED) is 0.210. The number of benzene rings is 5. The molecule has 45 heavy (non-hydrogen) atoms. The molecule has 0 saturated heterocycles. The molecule has 0 radical (unpaired) electrons. The first kappa shape index (κ1) is 24.3. The van der Waals surface area contributed by atoms with E-state index in [1.165, 1.54) is 10.8 Å². The highest BCUT2D eigenvalue weighted by atomic mass is 16.3. The smallest absolute Gasteiger partial charge is 0.136 e. The summed E-state index contributed by atoms with van der Waals surface area (Å²) in [7, 11) is 0. The average molecular weight is 577 g/mol. The molecule has 5 aromatic heterocycles. The molecule has 0 aliphatic heterocycles. The molecule has 0 atom stereocenters. The van der Waals surface area contributed by atoms with Crippen LogP contribution in [-0.2, 0) is 0 Å². The Labute approximate surface area is 257 Å². The van der Waals surface area contributed by atoms with E-state index in [1.54, 1.807) is 0 Å². The topological polar surface area (TPSA) is 48.8 Å². The third kappa shape index (κ3) is 3.43. The SMILES string of the molecule is c1ccc2c(c1)oc1cccc(-c3cc(-n4c5ccccc5c5cnccc54)cc(-n4c5ccccc5c5cnccc54)c3)c12. The fourth-order valence-electron chi connectivity index (χ4n) is 7.21. The van der Waals surface area contributed by atoms with E-state index in [-0.39, 0.29) is 0 Å². The first-order chi connectivity index (χ1) is 22.3. The molecule has 0 aliphatic rings. The monoisotopic (exact) mass is 576 g/mol. The van der Waals surface area contributed by atoms with Crippen molar-refractivity contribution in [2.45, 2.75) is 0 Å². The second kappa shape index (κ2) is 9.15. The Bertz CT molecular complexity index is 2540. The molecular formula is C40H24N4O. The number of para-hydroxylation sites is 3. The van der Waals surface area contributed by atoms with Crippen molar-refractivity contribution in [3.05, 3.63) is 146 Å². The van der Waals surface area contributed by atoms with E-state index in [4.69, 9.17) is 4.42 Å². The predicted molar refractivity (Wildman–Crippen MR) is 183 cm³/mol. The number of hydrogen-bond acceptors (Lipinski definition) is 3. The van der Waals surface area contributed by atoms with Crippen LogP contribution in [0, 0.1) is 0 Å². The number of pyridine rings is 2. The fourth-order valence-corrected chi connectivity index (χ4v) is 7.21. The summed E-state index contributed by atoms with van der Waals surface area (Å²) in [6.07, 6.45) is 7.69. The minimum Gasteiger partial charge on any atom is -0.456 e. The van der Waals surface area contributed by atoms with Gasteiger partial charge in [-0.05, 0) is 65.7 Å². The zero-order chi connectivity index (χ0) is 29.5. The predicted octanol–water partition coefficient (Wildman–Crippen LogP) is 10.2. The molecule has 0 bridgehead atoms. The highest BCUT2D eigenvalue weighted by Gasteiger charge is 2.19. The molecule has 5 aromatic carbocycles. The molecule has 0 N–H and O–H groups in total. The molecule has 0 spiro atoms. The van der Waals surface area contributed by atoms with Crippen LogP contribution in [0.4, 0.5) is 0 Å². The normalized spacial score (nSPS) is 12.0. The van der Waals surface area contributed by atoms with Gasteiger partial charge >= 0.3 is 0 Å². The van der Waals surface area contributed by atoms with E-state index in [0.29, 0.717) is 0 Å². The molecule has 5 heterocycles. The zero-order valence-corrected chi connectivity index (χ0v) is 24.1. The molecule has 5 nitrogen and oxygen atoms in total. The van der Waals surface area contributed by atoms with Gasteiger partial charge in [0.25, 0.3) is 0 Å². The minimum absolute atomic E-state index is 0.881. The van der Waals surface area contributed by atoms with Gasteiger partial charge in [0.15, 0.2) is 0 Å². The van der Waals surface area contributed by atoms with Crippen LogP contribution in [0.5, 0.6) is 0 Å². The van der Waals surface area contributed by atoms with Crippen molar-refractivity contribution in [3.63, 3.8) is 0 Å². The number of rotatable bonds is 3. The van der Waals surface area contributed by atoms with Crippen molar-refractivity contribution >= 4 is 65.6 Å². The lowest BCUT2D eigenvalue weighted by atomic mass is 9.98. The summed E-state index contributed by atoms with van der Waals surface area (Å²) in [5, 5.41) is 6.85. The van der Waals surface area contributed by atoms with E-state index < -0.39 is 0 Å². The summed E-state index contributed by atoms with van der Waals surface area (Å²) in [5.41, 5.74) is 10.7. The summed E-state index contributed by atoms with van der Waals surface area (Å²) in [6.45, 7) is 0. The lowest BCUT2D eigenvalue weighted by Gasteiger charge is -2.16. The Morgan fingerprint density at radius 2 is 0.978 bits per heavy atom. The van der Waals surface area contributed by atoms with Gasteiger partial charge in [0.2, 0.25) is 0 Å². The maximum absolute atomic E-state index is 6.33. The molecule has 0 fully saturated rings. The van der Waals surface area contributed by atoms with Gasteiger partial charge < -0.3 is 13.6 Å². The van der Waals surface area contributed by atoms with Crippen molar-refractivity contribution < 1.29 is 4.42 Å². The summed E-state index contributed by atoms with van der Waals surface area (Å²) < 4.78 is 11.1. The molecule has 5 heteroatoms. The number of nitrogens with zero attached hydrogens (tertiary/aromatic N) is 4. The van der Waals surface area contributed by atoms with E-state index in [0.717, 1.165) is 77.3 Å². The molecule has 10 rings (SSSR count). The van der Waals surface area contributed by atoms with Crippen LogP contribution in [0.3, 0.4) is 0 Å². The third-order valence-electron chi connectivity index (χ3n) is 9.08. The van der Waals surface area contributed by atoms with Crippen molar-refractivity contribution in [1.82, 2.24) is 19.1 Å². The zero-order valence-electron chi connectivity index (χ0n) is 24.1. The fraction of sp³-hybridized carbons (Fsp3) is 0. The van der Waals surface area contributed by atoms with Crippen LogP contribution in [-0.4, -0.2) is 19.1 Å². The van der Waals surface area contributed by atoms with Gasteiger partial charge in [-0.25, -0.2) is 0 Å². The van der Waals surface area contributed by atoms with Gasteiger partial charge in [-0.1, -0.05) is 66.7 Å². The standard InChI is InChI=1S/C40H24N4O/c1-4-12-34-29(8-1)32-23-41-18-16-36(32)43(34)26-20-25(28-11-7-15-39-40(28)31-10-3-6-14-38(31)45-39)21-27(22-26)44-35-13-5-2-9-30(35)33-24-42-19-17-37(33)44/h1-24H. The Morgan fingerprint density at radius 3 is 1.62 bits per heavy atom. The second-order valence-electron chi connectivity index (χ2n) is 11.5. The summed E-state index contributed by atoms with van der Waals surface area (Å²) in [6, 6.07) is 42.9. The molecule has 0 saturated carbocycles. The average Bonchev–Trinajstić information content (AvgIpc) is 3.76. The molecule has 0 unspecified atom stereocenters. The molecule has 0 amide bonds. The highest BCUT2D eigenvalue weighted by molar-refractivity contribution is 6.13. The largest absolute Gasteiger partial charge is 0.456 e. The van der Waals surface area contributed by atoms with Gasteiger partial charge in [-0.3, -0.25) is 9.97 Å². The summed E-state index contributed by atoms with van der Waals surface area (Å²) in [4.78, 5) is 8.97. The van der Waals surface area contributed by atoms with E-state index in [1.807, 2.05) is 36.9 Å². The lowest BCUT2D eigenvalue weighted by molar-refractivity contribution is 0.669. The Hall–Kier alpha value is -6.20. The number of furan rings is 1. The highest BCUT2D eigenvalue weighted by Crippen LogP contribution is 2.41. The molecule has 10 aromatic rings. The minimum atomic E-state index is 0.881. The number of aromatic nitrogens is 4. The van der Waals surface area contributed by atoms with Crippen molar-refractivity contribution in [2.24, 2.45) is 0 Å². The Morgan fingerprint density at radius 1 is 0.444 bits per heavy atom. The van der Waals surface area contributed by atoms with Crippen LogP contribution in [0.1, 0.15) is 0 Å². The van der Waals surface area contributed by atoms with E-state index >= 15 is 0 Å². The number of fused-ring (bicyclic) bond motifs is 9. The van der Waals surface area contributed by atoms with Crippen LogP contribution in [0.25, 0.3) is 88.1 Å². The van der Waals surface area contributed by atoms with E-state index in [2.05, 4.69) is 128 Å². The first-order valence-electron chi connectivity index (χ1n) is 15.1. The maximum atomic E-state index is 6.33.